The summed E-state index contributed by atoms with van der Waals surface area (Å²) in [7, 11) is 0. The molecule has 1 aliphatic heterocycles. The predicted octanol–water partition coefficient (Wildman–Crippen LogP) is 2.54. The van der Waals surface area contributed by atoms with Gasteiger partial charge in [-0.3, -0.25) is 24.2 Å². The molecule has 3 aromatic rings. The average molecular weight is 415 g/mol. The van der Waals surface area contributed by atoms with Crippen LogP contribution in [0.4, 0.5) is 11.5 Å². The average Bonchev–Trinajstić information content (AvgIpc) is 3.22. The number of pyridine rings is 1. The molecule has 0 aliphatic carbocycles. The van der Waals surface area contributed by atoms with Crippen molar-refractivity contribution in [1.29, 1.82) is 0 Å². The summed E-state index contributed by atoms with van der Waals surface area (Å²) in [5.41, 5.74) is -0.886. The van der Waals surface area contributed by atoms with Crippen LogP contribution >= 0.6 is 11.3 Å². The molecular weight excluding hydrogens is 394 g/mol. The fourth-order valence-electron chi connectivity index (χ4n) is 3.58. The molecule has 2 atom stereocenters. The van der Waals surface area contributed by atoms with Gasteiger partial charge in [0.2, 0.25) is 5.82 Å². The molecular formula is C19H21N5O4S. The summed E-state index contributed by atoms with van der Waals surface area (Å²) in [6.07, 6.45) is 1.59. The molecule has 9 nitrogen and oxygen atoms in total. The Morgan fingerprint density at radius 1 is 1.41 bits per heavy atom. The molecule has 0 aromatic carbocycles. The maximum atomic E-state index is 12.6. The number of aromatic nitrogens is 2. The topological polar surface area (TPSA) is 102 Å². The highest BCUT2D eigenvalue weighted by molar-refractivity contribution is 7.10. The van der Waals surface area contributed by atoms with Crippen molar-refractivity contribution >= 4 is 28.5 Å². The van der Waals surface area contributed by atoms with Gasteiger partial charge in [-0.1, -0.05) is 12.1 Å². The Morgan fingerprint density at radius 3 is 3.00 bits per heavy atom. The summed E-state index contributed by atoms with van der Waals surface area (Å²) in [5, 5.41) is 16.7. The fraction of sp³-hybridized carbons (Fsp3) is 0.368. The van der Waals surface area contributed by atoms with Gasteiger partial charge in [-0.2, -0.15) is 0 Å². The summed E-state index contributed by atoms with van der Waals surface area (Å²) in [6, 6.07) is 9.06. The summed E-state index contributed by atoms with van der Waals surface area (Å²) in [6.45, 7) is 4.59. The fourth-order valence-corrected chi connectivity index (χ4v) is 4.44. The highest BCUT2D eigenvalue weighted by Gasteiger charge is 2.29. The van der Waals surface area contributed by atoms with Gasteiger partial charge >= 0.3 is 11.2 Å². The zero-order valence-corrected chi connectivity index (χ0v) is 16.7. The third-order valence-corrected chi connectivity index (χ3v) is 5.91. The highest BCUT2D eigenvalue weighted by Crippen LogP contribution is 2.28. The second-order valence-electron chi connectivity index (χ2n) is 6.89. The van der Waals surface area contributed by atoms with Crippen molar-refractivity contribution < 1.29 is 9.66 Å². The van der Waals surface area contributed by atoms with Gasteiger partial charge in [0.15, 0.2) is 0 Å². The van der Waals surface area contributed by atoms with Crippen LogP contribution in [-0.4, -0.2) is 51.6 Å². The van der Waals surface area contributed by atoms with Crippen LogP contribution in [0.3, 0.4) is 0 Å². The molecule has 4 heterocycles. The van der Waals surface area contributed by atoms with Crippen LogP contribution in [0.1, 0.15) is 17.8 Å². The lowest BCUT2D eigenvalue weighted by atomic mass is 10.1. The molecule has 3 aromatic heterocycles. The third-order valence-electron chi connectivity index (χ3n) is 4.94. The molecule has 10 heteroatoms. The number of morpholine rings is 1. The van der Waals surface area contributed by atoms with Gasteiger partial charge in [0.05, 0.1) is 23.7 Å². The number of hydrogen-bond acceptors (Lipinski definition) is 8. The Hall–Kier alpha value is -2.82. The zero-order chi connectivity index (χ0) is 20.4. The van der Waals surface area contributed by atoms with E-state index < -0.39 is 16.2 Å². The smallest absolute Gasteiger partial charge is 0.376 e. The predicted molar refractivity (Wildman–Crippen MR) is 111 cm³/mol. The number of rotatable bonds is 6. The molecule has 0 saturated carbocycles. The van der Waals surface area contributed by atoms with E-state index in [0.29, 0.717) is 18.8 Å². The Bertz CT molecular complexity index is 1070. The molecule has 1 N–H and O–H groups in total. The first-order valence-electron chi connectivity index (χ1n) is 9.33. The van der Waals surface area contributed by atoms with Crippen molar-refractivity contribution in [1.82, 2.24) is 14.3 Å². The molecule has 0 bridgehead atoms. The van der Waals surface area contributed by atoms with E-state index >= 15 is 0 Å². The van der Waals surface area contributed by atoms with Crippen molar-refractivity contribution in [3.63, 3.8) is 0 Å². The number of nitrogens with one attached hydrogen (secondary N) is 1. The maximum absolute atomic E-state index is 12.6. The van der Waals surface area contributed by atoms with E-state index in [1.165, 1.54) is 10.6 Å². The van der Waals surface area contributed by atoms with Gasteiger partial charge in [-0.15, -0.1) is 11.3 Å². The normalized spacial score (nSPS) is 18.6. The Kier molecular flexibility index (Phi) is 5.56. The molecule has 152 valence electrons. The van der Waals surface area contributed by atoms with Crippen molar-refractivity contribution in [2.75, 3.05) is 31.6 Å². The first kappa shape index (κ1) is 19.5. The van der Waals surface area contributed by atoms with Crippen molar-refractivity contribution in [3.8, 4) is 0 Å². The molecule has 0 radical (unpaired) electrons. The Labute approximate surface area is 170 Å². The van der Waals surface area contributed by atoms with Crippen LogP contribution in [0.15, 0.2) is 46.7 Å². The third kappa shape index (κ3) is 4.00. The molecule has 1 fully saturated rings. The number of fused-ring (bicyclic) bond motifs is 1. The van der Waals surface area contributed by atoms with Crippen LogP contribution < -0.4 is 10.9 Å². The maximum Gasteiger partial charge on any atom is 0.376 e. The number of hydrogen-bond donors (Lipinski definition) is 1. The van der Waals surface area contributed by atoms with E-state index in [-0.39, 0.29) is 18.0 Å². The summed E-state index contributed by atoms with van der Waals surface area (Å²) < 4.78 is 6.83. The second-order valence-corrected chi connectivity index (χ2v) is 7.87. The van der Waals surface area contributed by atoms with Gasteiger partial charge in [0.25, 0.3) is 0 Å². The molecule has 4 rings (SSSR count). The number of nitro groups is 1. The van der Waals surface area contributed by atoms with E-state index in [2.05, 4.69) is 15.2 Å². The van der Waals surface area contributed by atoms with E-state index in [0.717, 1.165) is 18.0 Å². The molecule has 2 unspecified atom stereocenters. The second kappa shape index (κ2) is 8.27. The SMILES string of the molecule is CC1CN(C(CNc2nc3ccccn3c(=O)c2[N+](=O)[O-])c2cccs2)CCO1. The van der Waals surface area contributed by atoms with Crippen LogP contribution in [-0.2, 0) is 4.74 Å². The van der Waals surface area contributed by atoms with E-state index in [4.69, 9.17) is 4.74 Å². The van der Waals surface area contributed by atoms with Crippen molar-refractivity contribution in [3.05, 3.63) is 67.3 Å². The summed E-state index contributed by atoms with van der Waals surface area (Å²) in [5.74, 6) is -0.00550. The lowest BCUT2D eigenvalue weighted by Crippen LogP contribution is -2.44. The van der Waals surface area contributed by atoms with Gasteiger partial charge < -0.3 is 10.1 Å². The van der Waals surface area contributed by atoms with E-state index in [1.54, 1.807) is 29.5 Å². The molecule has 0 amide bonds. The monoisotopic (exact) mass is 415 g/mol. The van der Waals surface area contributed by atoms with Gasteiger partial charge in [-0.25, -0.2) is 4.98 Å². The van der Waals surface area contributed by atoms with Gasteiger partial charge in [0.1, 0.15) is 5.65 Å². The first-order valence-corrected chi connectivity index (χ1v) is 10.2. The van der Waals surface area contributed by atoms with Crippen molar-refractivity contribution in [2.45, 2.75) is 19.1 Å². The molecule has 0 spiro atoms. The number of nitrogens with zero attached hydrogens (tertiary/aromatic N) is 4. The minimum atomic E-state index is -0.698. The van der Waals surface area contributed by atoms with Gasteiger partial charge in [-0.05, 0) is 30.5 Å². The lowest BCUT2D eigenvalue weighted by Gasteiger charge is -2.37. The minimum Gasteiger partial charge on any atom is -0.376 e. The van der Waals surface area contributed by atoms with Crippen LogP contribution in [0.25, 0.3) is 5.65 Å². The van der Waals surface area contributed by atoms with Crippen LogP contribution in [0, 0.1) is 10.1 Å². The largest absolute Gasteiger partial charge is 0.376 e. The highest BCUT2D eigenvalue weighted by atomic mass is 32.1. The number of anilines is 1. The van der Waals surface area contributed by atoms with Gasteiger partial charge in [0, 0.05) is 30.7 Å². The standard InChI is InChI=1S/C19H21N5O4S/c1-13-12-22(8-9-28-13)14(15-5-4-10-29-15)11-20-18-17(24(26)27)19(25)23-7-3-2-6-16(23)21-18/h2-7,10,13-14,20H,8-9,11-12H2,1H3. The zero-order valence-electron chi connectivity index (χ0n) is 15.9. The van der Waals surface area contributed by atoms with Crippen LogP contribution in [0.2, 0.25) is 0 Å². The Morgan fingerprint density at radius 2 is 2.28 bits per heavy atom. The van der Waals surface area contributed by atoms with Crippen molar-refractivity contribution in [2.24, 2.45) is 0 Å². The summed E-state index contributed by atoms with van der Waals surface area (Å²) >= 11 is 1.63. The first-order chi connectivity index (χ1) is 14.0. The molecule has 1 saturated heterocycles. The minimum absolute atomic E-state index is 0.00280. The Balaban J connectivity index is 1.67. The number of thiophene rings is 1. The molecule has 29 heavy (non-hydrogen) atoms. The lowest BCUT2D eigenvalue weighted by molar-refractivity contribution is -0.385. The van der Waals surface area contributed by atoms with E-state index in [9.17, 15) is 14.9 Å². The number of ether oxygens (including phenoxy) is 1. The summed E-state index contributed by atoms with van der Waals surface area (Å²) in [4.78, 5) is 31.3. The molecule has 1 aliphatic rings. The van der Waals surface area contributed by atoms with Crippen LogP contribution in [0.5, 0.6) is 0 Å². The van der Waals surface area contributed by atoms with E-state index in [1.807, 2.05) is 24.4 Å². The quantitative estimate of drug-likeness (QED) is 0.487.